The lowest BCUT2D eigenvalue weighted by Crippen LogP contribution is -2.36. The van der Waals surface area contributed by atoms with E-state index in [0.717, 1.165) is 17.0 Å². The summed E-state index contributed by atoms with van der Waals surface area (Å²) in [7, 11) is 3.53. The van der Waals surface area contributed by atoms with Crippen LogP contribution < -0.4 is 24.8 Å². The number of aromatic nitrogens is 2. The Morgan fingerprint density at radius 1 is 1.24 bits per heavy atom. The van der Waals surface area contributed by atoms with Crippen LogP contribution >= 0.6 is 24.0 Å². The standard InChI is InChI=1S/C18H23F2N5O3.HI/c1-10-13(11(2)25(4)24-10)8-23-18(21-3)22-7-12-5-15-16(27-9-26-15)6-14(12)28-17(19)20;/h5-6,17H,7-9H2,1-4H3,(H2,21,22,23);1H. The molecule has 0 aliphatic carbocycles. The molecule has 0 unspecified atom stereocenters. The van der Waals surface area contributed by atoms with Crippen LogP contribution in [-0.2, 0) is 20.1 Å². The van der Waals surface area contributed by atoms with Gasteiger partial charge in [0.25, 0.3) is 0 Å². The van der Waals surface area contributed by atoms with Gasteiger partial charge in [-0.15, -0.1) is 24.0 Å². The van der Waals surface area contributed by atoms with Crippen LogP contribution in [0.3, 0.4) is 0 Å². The van der Waals surface area contributed by atoms with Gasteiger partial charge in [0.05, 0.1) is 5.69 Å². The molecule has 3 rings (SSSR count). The van der Waals surface area contributed by atoms with Crippen LogP contribution in [0.4, 0.5) is 8.78 Å². The smallest absolute Gasteiger partial charge is 0.387 e. The van der Waals surface area contributed by atoms with Crippen molar-refractivity contribution in [3.8, 4) is 17.2 Å². The van der Waals surface area contributed by atoms with E-state index in [9.17, 15) is 8.78 Å². The van der Waals surface area contributed by atoms with Crippen molar-refractivity contribution in [2.45, 2.75) is 33.5 Å². The van der Waals surface area contributed by atoms with Crippen molar-refractivity contribution in [1.29, 1.82) is 0 Å². The number of rotatable bonds is 6. The molecule has 0 radical (unpaired) electrons. The lowest BCUT2D eigenvalue weighted by Gasteiger charge is -2.15. The minimum Gasteiger partial charge on any atom is -0.454 e. The molecule has 2 heterocycles. The Labute approximate surface area is 184 Å². The normalized spacial score (nSPS) is 12.7. The van der Waals surface area contributed by atoms with E-state index in [1.54, 1.807) is 13.1 Å². The fourth-order valence-corrected chi connectivity index (χ4v) is 2.95. The number of nitrogens with one attached hydrogen (secondary N) is 2. The minimum atomic E-state index is -2.94. The van der Waals surface area contributed by atoms with Crippen LogP contribution in [0.2, 0.25) is 0 Å². The first-order chi connectivity index (χ1) is 13.4. The Morgan fingerprint density at radius 3 is 2.48 bits per heavy atom. The van der Waals surface area contributed by atoms with Gasteiger partial charge in [0.15, 0.2) is 17.5 Å². The molecule has 160 valence electrons. The zero-order valence-corrected chi connectivity index (χ0v) is 18.9. The molecule has 1 aliphatic heterocycles. The molecule has 29 heavy (non-hydrogen) atoms. The Morgan fingerprint density at radius 2 is 1.90 bits per heavy atom. The summed E-state index contributed by atoms with van der Waals surface area (Å²) in [6.45, 7) is 1.80. The molecular formula is C18H24F2IN5O3. The van der Waals surface area contributed by atoms with Gasteiger partial charge in [-0.3, -0.25) is 9.67 Å². The third kappa shape index (κ3) is 5.40. The number of halogens is 3. The summed E-state index contributed by atoms with van der Waals surface area (Å²) in [6, 6.07) is 3.03. The highest BCUT2D eigenvalue weighted by Crippen LogP contribution is 2.38. The molecule has 0 amide bonds. The maximum absolute atomic E-state index is 12.7. The number of fused-ring (bicyclic) bond motifs is 1. The van der Waals surface area contributed by atoms with Crippen LogP contribution in [0.5, 0.6) is 17.2 Å². The molecule has 2 aromatic rings. The number of hydrogen-bond acceptors (Lipinski definition) is 5. The van der Waals surface area contributed by atoms with Crippen LogP contribution in [0, 0.1) is 13.8 Å². The van der Waals surface area contributed by atoms with Gasteiger partial charge < -0.3 is 24.8 Å². The van der Waals surface area contributed by atoms with Gasteiger partial charge in [0.2, 0.25) is 6.79 Å². The largest absolute Gasteiger partial charge is 0.454 e. The van der Waals surface area contributed by atoms with Crippen LogP contribution in [-0.4, -0.2) is 36.2 Å². The average molecular weight is 523 g/mol. The molecular weight excluding hydrogens is 499 g/mol. The maximum atomic E-state index is 12.7. The Kier molecular flexibility index (Phi) is 7.88. The monoisotopic (exact) mass is 523 g/mol. The van der Waals surface area contributed by atoms with E-state index < -0.39 is 6.61 Å². The van der Waals surface area contributed by atoms with Gasteiger partial charge in [-0.2, -0.15) is 13.9 Å². The fraction of sp³-hybridized carbons (Fsp3) is 0.444. The van der Waals surface area contributed by atoms with Crippen molar-refractivity contribution < 1.29 is 23.0 Å². The second-order valence-electron chi connectivity index (χ2n) is 6.24. The molecule has 0 saturated carbocycles. The zero-order valence-electron chi connectivity index (χ0n) is 16.6. The van der Waals surface area contributed by atoms with Gasteiger partial charge in [-0.05, 0) is 19.9 Å². The molecule has 0 fully saturated rings. The number of alkyl halides is 2. The molecule has 1 aromatic carbocycles. The summed E-state index contributed by atoms with van der Waals surface area (Å²) in [5.41, 5.74) is 3.58. The molecule has 0 bridgehead atoms. The molecule has 2 N–H and O–H groups in total. The van der Waals surface area contributed by atoms with Gasteiger partial charge in [0, 0.05) is 50.1 Å². The highest BCUT2D eigenvalue weighted by Gasteiger charge is 2.20. The van der Waals surface area contributed by atoms with Crippen LogP contribution in [0.1, 0.15) is 22.5 Å². The Bertz CT molecular complexity index is 889. The fourth-order valence-electron chi connectivity index (χ4n) is 2.95. The third-order valence-electron chi connectivity index (χ3n) is 4.53. The molecule has 0 spiro atoms. The third-order valence-corrected chi connectivity index (χ3v) is 4.53. The first-order valence-corrected chi connectivity index (χ1v) is 8.70. The summed E-state index contributed by atoms with van der Waals surface area (Å²) >= 11 is 0. The van der Waals surface area contributed by atoms with E-state index in [1.165, 1.54) is 6.07 Å². The predicted molar refractivity (Wildman–Crippen MR) is 114 cm³/mol. The summed E-state index contributed by atoms with van der Waals surface area (Å²) in [6.07, 6.45) is 0. The van der Waals surface area contributed by atoms with Crippen LogP contribution in [0.25, 0.3) is 0 Å². The number of nitrogens with zero attached hydrogens (tertiary/aromatic N) is 3. The number of ether oxygens (including phenoxy) is 3. The lowest BCUT2D eigenvalue weighted by atomic mass is 10.1. The van der Waals surface area contributed by atoms with Crippen molar-refractivity contribution in [2.24, 2.45) is 12.0 Å². The Hall–Kier alpha value is -2.31. The first-order valence-electron chi connectivity index (χ1n) is 8.70. The van der Waals surface area contributed by atoms with Crippen molar-refractivity contribution in [1.82, 2.24) is 20.4 Å². The minimum absolute atomic E-state index is 0. The number of aryl methyl sites for hydroxylation is 2. The second-order valence-corrected chi connectivity index (χ2v) is 6.24. The van der Waals surface area contributed by atoms with Gasteiger partial charge in [0.1, 0.15) is 5.75 Å². The van der Waals surface area contributed by atoms with Crippen molar-refractivity contribution >= 4 is 29.9 Å². The number of guanidine groups is 1. The molecule has 11 heteroatoms. The van der Waals surface area contributed by atoms with E-state index >= 15 is 0 Å². The van der Waals surface area contributed by atoms with Crippen molar-refractivity contribution in [3.63, 3.8) is 0 Å². The van der Waals surface area contributed by atoms with Gasteiger partial charge in [-0.25, -0.2) is 0 Å². The summed E-state index contributed by atoms with van der Waals surface area (Å²) in [4.78, 5) is 4.17. The van der Waals surface area contributed by atoms with Crippen molar-refractivity contribution in [2.75, 3.05) is 13.8 Å². The zero-order chi connectivity index (χ0) is 20.3. The summed E-state index contributed by atoms with van der Waals surface area (Å²) in [5, 5.41) is 10.7. The highest BCUT2D eigenvalue weighted by molar-refractivity contribution is 14.0. The second kappa shape index (κ2) is 9.94. The molecule has 1 aromatic heterocycles. The lowest BCUT2D eigenvalue weighted by molar-refractivity contribution is -0.0505. The van der Waals surface area contributed by atoms with Gasteiger partial charge in [-0.1, -0.05) is 0 Å². The SMILES string of the molecule is CN=C(NCc1cc2c(cc1OC(F)F)OCO2)NCc1c(C)nn(C)c1C.I. The van der Waals surface area contributed by atoms with E-state index in [0.29, 0.717) is 29.6 Å². The van der Waals surface area contributed by atoms with E-state index in [1.807, 2.05) is 25.6 Å². The first kappa shape index (κ1) is 23.0. The van der Waals surface area contributed by atoms with E-state index in [2.05, 4.69) is 25.5 Å². The molecule has 0 atom stereocenters. The number of aliphatic imine (C=N–C) groups is 1. The number of hydrogen-bond donors (Lipinski definition) is 2. The number of benzene rings is 1. The topological polar surface area (TPSA) is 81.9 Å². The van der Waals surface area contributed by atoms with E-state index in [-0.39, 0.29) is 43.1 Å². The maximum Gasteiger partial charge on any atom is 0.387 e. The summed E-state index contributed by atoms with van der Waals surface area (Å²) < 4.78 is 42.5. The predicted octanol–water partition coefficient (Wildman–Crippen LogP) is 2.85. The van der Waals surface area contributed by atoms with E-state index in [4.69, 9.17) is 9.47 Å². The van der Waals surface area contributed by atoms with Crippen LogP contribution in [0.15, 0.2) is 17.1 Å². The quantitative estimate of drug-likeness (QED) is 0.345. The molecule has 1 aliphatic rings. The average Bonchev–Trinajstić information content (AvgIpc) is 3.19. The molecule has 8 nitrogen and oxygen atoms in total. The Balaban J connectivity index is 0.00000300. The van der Waals surface area contributed by atoms with Gasteiger partial charge >= 0.3 is 6.61 Å². The molecule has 0 saturated heterocycles. The summed E-state index contributed by atoms with van der Waals surface area (Å²) in [5.74, 6) is 1.41. The van der Waals surface area contributed by atoms with Crippen molar-refractivity contribution in [3.05, 3.63) is 34.6 Å². The highest BCUT2D eigenvalue weighted by atomic mass is 127.